The van der Waals surface area contributed by atoms with Gasteiger partial charge in [-0.2, -0.15) is 0 Å². The van der Waals surface area contributed by atoms with E-state index in [0.29, 0.717) is 53.4 Å². The molecule has 1 amide bonds. The average molecular weight is 635 g/mol. The van der Waals surface area contributed by atoms with Crippen molar-refractivity contribution in [1.29, 1.82) is 0 Å². The fourth-order valence-electron chi connectivity index (χ4n) is 4.96. The number of piperidine rings is 1. The minimum absolute atomic E-state index is 0. The van der Waals surface area contributed by atoms with Gasteiger partial charge in [-0.1, -0.05) is 0 Å². The first-order valence-corrected chi connectivity index (χ1v) is 14.0. The molecule has 45 heavy (non-hydrogen) atoms. The SMILES string of the molecule is Cl.O=C1/C(=C/c2ccc([N+](=O)[O-])cc2)CN(C(=O)c2ccc(OCCN3CCOCC3)cc2)C/C1=C\c1ccc([N+](=O)[O-])cc1. The number of benzene rings is 3. The van der Waals surface area contributed by atoms with E-state index in [-0.39, 0.29) is 48.6 Å². The van der Waals surface area contributed by atoms with Gasteiger partial charge in [-0.15, -0.1) is 12.4 Å². The maximum Gasteiger partial charge on any atom is 0.269 e. The number of hydrogen-bond donors (Lipinski definition) is 0. The van der Waals surface area contributed by atoms with Crippen LogP contribution in [0.3, 0.4) is 0 Å². The molecule has 2 heterocycles. The van der Waals surface area contributed by atoms with Crippen LogP contribution in [0, 0.1) is 20.2 Å². The number of ether oxygens (including phenoxy) is 2. The van der Waals surface area contributed by atoms with Crippen molar-refractivity contribution in [2.75, 3.05) is 52.5 Å². The van der Waals surface area contributed by atoms with Crippen molar-refractivity contribution >= 4 is 47.6 Å². The number of carbonyl (C=O) groups excluding carboxylic acids is 2. The van der Waals surface area contributed by atoms with E-state index >= 15 is 0 Å². The topological polar surface area (TPSA) is 145 Å². The molecule has 0 unspecified atom stereocenters. The molecule has 0 saturated carbocycles. The number of halogens is 1. The van der Waals surface area contributed by atoms with Gasteiger partial charge in [-0.3, -0.25) is 34.7 Å². The van der Waals surface area contributed by atoms with E-state index in [1.54, 1.807) is 41.3 Å². The number of morpholine rings is 1. The summed E-state index contributed by atoms with van der Waals surface area (Å²) >= 11 is 0. The lowest BCUT2D eigenvalue weighted by atomic mass is 9.93. The number of ketones is 1. The van der Waals surface area contributed by atoms with E-state index in [9.17, 15) is 29.8 Å². The minimum Gasteiger partial charge on any atom is -0.492 e. The Labute approximate surface area is 265 Å². The molecule has 13 heteroatoms. The van der Waals surface area contributed by atoms with Gasteiger partial charge in [0.15, 0.2) is 5.78 Å². The van der Waals surface area contributed by atoms with Gasteiger partial charge >= 0.3 is 0 Å². The number of non-ortho nitro benzene ring substituents is 2. The molecule has 0 aromatic heterocycles. The van der Waals surface area contributed by atoms with Crippen molar-refractivity contribution in [1.82, 2.24) is 9.80 Å². The molecule has 2 aliphatic rings. The summed E-state index contributed by atoms with van der Waals surface area (Å²) in [6.45, 7) is 4.53. The highest BCUT2D eigenvalue weighted by Crippen LogP contribution is 2.25. The molecule has 2 aliphatic heterocycles. The van der Waals surface area contributed by atoms with Crippen LogP contribution < -0.4 is 4.74 Å². The van der Waals surface area contributed by atoms with Gasteiger partial charge in [0.05, 0.1) is 36.1 Å². The molecule has 0 radical (unpaired) electrons. The van der Waals surface area contributed by atoms with Crippen molar-refractivity contribution in [3.05, 3.63) is 121 Å². The summed E-state index contributed by atoms with van der Waals surface area (Å²) < 4.78 is 11.2. The van der Waals surface area contributed by atoms with Gasteiger partial charge in [-0.05, 0) is 71.8 Å². The van der Waals surface area contributed by atoms with Crippen molar-refractivity contribution in [3.63, 3.8) is 0 Å². The number of likely N-dealkylation sites (tertiary alicyclic amines) is 1. The molecule has 0 bridgehead atoms. The smallest absolute Gasteiger partial charge is 0.269 e. The Balaban J connectivity index is 0.00000461. The molecule has 0 atom stereocenters. The van der Waals surface area contributed by atoms with Crippen LogP contribution >= 0.6 is 12.4 Å². The van der Waals surface area contributed by atoms with Crippen LogP contribution in [0.4, 0.5) is 11.4 Å². The van der Waals surface area contributed by atoms with Crippen LogP contribution in [-0.4, -0.2) is 83.9 Å². The monoisotopic (exact) mass is 634 g/mol. The summed E-state index contributed by atoms with van der Waals surface area (Å²) in [6, 6.07) is 18.4. The molecule has 234 valence electrons. The molecule has 2 saturated heterocycles. The Kier molecular flexibility index (Phi) is 11.1. The van der Waals surface area contributed by atoms with Gasteiger partial charge in [-0.25, -0.2) is 0 Å². The number of carbonyl (C=O) groups is 2. The van der Waals surface area contributed by atoms with Gasteiger partial charge in [0.25, 0.3) is 17.3 Å². The third-order valence-electron chi connectivity index (χ3n) is 7.36. The van der Waals surface area contributed by atoms with Crippen LogP contribution in [-0.2, 0) is 9.53 Å². The molecule has 0 N–H and O–H groups in total. The molecule has 3 aromatic carbocycles. The van der Waals surface area contributed by atoms with E-state index in [2.05, 4.69) is 4.90 Å². The maximum atomic E-state index is 13.6. The lowest BCUT2D eigenvalue weighted by Gasteiger charge is -2.30. The van der Waals surface area contributed by atoms with Gasteiger partial charge < -0.3 is 14.4 Å². The summed E-state index contributed by atoms with van der Waals surface area (Å²) in [5, 5.41) is 22.1. The first-order chi connectivity index (χ1) is 21.3. The summed E-state index contributed by atoms with van der Waals surface area (Å²) in [5.41, 5.74) is 2.06. The number of rotatable bonds is 9. The van der Waals surface area contributed by atoms with Gasteiger partial charge in [0.2, 0.25) is 0 Å². The lowest BCUT2D eigenvalue weighted by Crippen LogP contribution is -2.41. The van der Waals surface area contributed by atoms with Crippen molar-refractivity contribution < 1.29 is 28.9 Å². The molecule has 3 aromatic rings. The molecule has 0 spiro atoms. The average Bonchev–Trinajstić information content (AvgIpc) is 3.04. The van der Waals surface area contributed by atoms with Gasteiger partial charge in [0, 0.05) is 60.6 Å². The predicted molar refractivity (Wildman–Crippen MR) is 170 cm³/mol. The van der Waals surface area contributed by atoms with Crippen LogP contribution in [0.1, 0.15) is 21.5 Å². The number of Topliss-reactive ketones (excluding diaryl/α,β-unsaturated/α-hetero) is 1. The third-order valence-corrected chi connectivity index (χ3v) is 7.36. The standard InChI is InChI=1S/C32H30N4O8.ClH/c37-31-26(19-23-1-7-28(8-2-23)35(39)40)21-34(22-27(31)20-24-3-9-29(10-4-24)36(41)42)32(38)25-5-11-30(12-6-25)44-18-15-33-13-16-43-17-14-33;/h1-12,19-20H,13-18,21-22H2;1H/b26-19+,27-20+;. The molecular formula is C32H31ClN4O8. The van der Waals surface area contributed by atoms with Crippen molar-refractivity contribution in [3.8, 4) is 5.75 Å². The Morgan fingerprint density at radius 2 is 1.29 bits per heavy atom. The first-order valence-electron chi connectivity index (χ1n) is 14.0. The minimum atomic E-state index is -0.505. The zero-order valence-corrected chi connectivity index (χ0v) is 25.0. The normalized spacial score (nSPS) is 17.2. The molecular weight excluding hydrogens is 604 g/mol. The zero-order chi connectivity index (χ0) is 31.1. The summed E-state index contributed by atoms with van der Waals surface area (Å²) in [7, 11) is 0. The Bertz CT molecular complexity index is 1520. The number of nitrogens with zero attached hydrogens (tertiary/aromatic N) is 4. The fourth-order valence-corrected chi connectivity index (χ4v) is 4.96. The van der Waals surface area contributed by atoms with Crippen LogP contribution in [0.2, 0.25) is 0 Å². The van der Waals surface area contributed by atoms with E-state index in [1.807, 2.05) is 0 Å². The molecule has 0 aliphatic carbocycles. The van der Waals surface area contributed by atoms with Crippen LogP contribution in [0.15, 0.2) is 83.9 Å². The fraction of sp³-hybridized carbons (Fsp3) is 0.250. The number of amides is 1. The molecule has 2 fully saturated rings. The van der Waals surface area contributed by atoms with E-state index in [0.717, 1.165) is 19.6 Å². The summed E-state index contributed by atoms with van der Waals surface area (Å²) in [4.78, 5) is 52.1. The van der Waals surface area contributed by atoms with E-state index in [1.165, 1.54) is 48.5 Å². The summed E-state index contributed by atoms with van der Waals surface area (Å²) in [6.07, 6.45) is 3.22. The van der Waals surface area contributed by atoms with Crippen LogP contribution in [0.25, 0.3) is 12.2 Å². The highest BCUT2D eigenvalue weighted by Gasteiger charge is 2.30. The lowest BCUT2D eigenvalue weighted by molar-refractivity contribution is -0.385. The maximum absolute atomic E-state index is 13.6. The highest BCUT2D eigenvalue weighted by atomic mass is 35.5. The Hall–Kier alpha value is -4.91. The van der Waals surface area contributed by atoms with Crippen molar-refractivity contribution in [2.45, 2.75) is 0 Å². The summed E-state index contributed by atoms with van der Waals surface area (Å²) in [5.74, 6) is 0.0671. The van der Waals surface area contributed by atoms with Crippen LogP contribution in [0.5, 0.6) is 5.75 Å². The first kappa shape index (κ1) is 33.0. The van der Waals surface area contributed by atoms with Gasteiger partial charge in [0.1, 0.15) is 12.4 Å². The third kappa shape index (κ3) is 8.60. The van der Waals surface area contributed by atoms with E-state index in [4.69, 9.17) is 9.47 Å². The second-order valence-corrected chi connectivity index (χ2v) is 10.4. The Morgan fingerprint density at radius 1 is 0.800 bits per heavy atom. The Morgan fingerprint density at radius 3 is 1.76 bits per heavy atom. The predicted octanol–water partition coefficient (Wildman–Crippen LogP) is 4.83. The van der Waals surface area contributed by atoms with Crippen molar-refractivity contribution in [2.24, 2.45) is 0 Å². The number of nitro groups is 2. The second kappa shape index (κ2) is 15.2. The molecule has 12 nitrogen and oxygen atoms in total. The number of hydrogen-bond acceptors (Lipinski definition) is 9. The largest absolute Gasteiger partial charge is 0.492 e. The number of nitro benzene ring substituents is 2. The highest BCUT2D eigenvalue weighted by molar-refractivity contribution is 6.16. The second-order valence-electron chi connectivity index (χ2n) is 10.4. The zero-order valence-electron chi connectivity index (χ0n) is 24.2. The molecule has 5 rings (SSSR count). The quantitative estimate of drug-likeness (QED) is 0.183. The van der Waals surface area contributed by atoms with E-state index < -0.39 is 9.85 Å².